The zero-order chi connectivity index (χ0) is 9.68. The summed E-state index contributed by atoms with van der Waals surface area (Å²) < 4.78 is 17.8. The van der Waals surface area contributed by atoms with E-state index in [4.69, 9.17) is 9.84 Å². The molecule has 0 bridgehead atoms. The van der Waals surface area contributed by atoms with Gasteiger partial charge in [-0.15, -0.1) is 0 Å². The van der Waals surface area contributed by atoms with Crippen LogP contribution in [0.5, 0.6) is 0 Å². The van der Waals surface area contributed by atoms with Crippen LogP contribution in [0.15, 0.2) is 24.3 Å². The van der Waals surface area contributed by atoms with Gasteiger partial charge in [0, 0.05) is 6.61 Å². The largest absolute Gasteiger partial charge is 0.393 e. The van der Waals surface area contributed by atoms with E-state index in [0.29, 0.717) is 6.61 Å². The van der Waals surface area contributed by atoms with E-state index in [-0.39, 0.29) is 18.5 Å². The normalized spacial score (nSPS) is 12.8. The highest BCUT2D eigenvalue weighted by atomic mass is 19.1. The molecule has 0 radical (unpaired) electrons. The summed E-state index contributed by atoms with van der Waals surface area (Å²) in [6.07, 6.45) is -0.342. The van der Waals surface area contributed by atoms with Crippen LogP contribution >= 0.6 is 0 Å². The Morgan fingerprint density at radius 3 is 2.46 bits per heavy atom. The number of halogens is 1. The zero-order valence-electron chi connectivity index (χ0n) is 7.53. The van der Waals surface area contributed by atoms with E-state index in [2.05, 4.69) is 0 Å². The first-order valence-electron chi connectivity index (χ1n) is 4.25. The number of aliphatic hydroxyl groups is 1. The predicted molar refractivity (Wildman–Crippen MR) is 47.9 cm³/mol. The summed E-state index contributed by atoms with van der Waals surface area (Å²) in [4.78, 5) is 0. The molecule has 2 nitrogen and oxygen atoms in total. The van der Waals surface area contributed by atoms with Gasteiger partial charge in [-0.2, -0.15) is 0 Å². The molecule has 0 heterocycles. The van der Waals surface area contributed by atoms with Crippen molar-refractivity contribution in [1.29, 1.82) is 0 Å². The molecule has 0 fully saturated rings. The van der Waals surface area contributed by atoms with E-state index in [9.17, 15) is 4.39 Å². The van der Waals surface area contributed by atoms with Crippen molar-refractivity contribution in [3.63, 3.8) is 0 Å². The van der Waals surface area contributed by atoms with Gasteiger partial charge in [-0.3, -0.25) is 0 Å². The van der Waals surface area contributed by atoms with Crippen LogP contribution in [0.25, 0.3) is 0 Å². The average molecular weight is 184 g/mol. The third-order valence-corrected chi connectivity index (χ3v) is 1.78. The molecule has 1 aromatic rings. The van der Waals surface area contributed by atoms with Crippen molar-refractivity contribution in [2.45, 2.75) is 13.0 Å². The molecule has 0 spiro atoms. The maximum Gasteiger partial charge on any atom is 0.123 e. The molecule has 0 aromatic heterocycles. The van der Waals surface area contributed by atoms with Crippen molar-refractivity contribution in [3.8, 4) is 0 Å². The third kappa shape index (κ3) is 2.79. The second kappa shape index (κ2) is 4.94. The summed E-state index contributed by atoms with van der Waals surface area (Å²) in [7, 11) is 0. The maximum absolute atomic E-state index is 12.5. The second-order valence-electron chi connectivity index (χ2n) is 2.68. The van der Waals surface area contributed by atoms with E-state index >= 15 is 0 Å². The molecule has 0 saturated carbocycles. The van der Waals surface area contributed by atoms with Crippen LogP contribution in [0.1, 0.15) is 18.6 Å². The van der Waals surface area contributed by atoms with Crippen LogP contribution < -0.4 is 0 Å². The lowest BCUT2D eigenvalue weighted by atomic mass is 10.1. The minimum Gasteiger partial charge on any atom is -0.393 e. The minimum atomic E-state index is -0.342. The summed E-state index contributed by atoms with van der Waals surface area (Å²) in [6.45, 7) is 2.30. The molecular formula is C10H13FO2. The van der Waals surface area contributed by atoms with Gasteiger partial charge < -0.3 is 9.84 Å². The van der Waals surface area contributed by atoms with Crippen molar-refractivity contribution in [2.24, 2.45) is 0 Å². The summed E-state index contributed by atoms with van der Waals surface area (Å²) >= 11 is 0. The topological polar surface area (TPSA) is 29.5 Å². The molecule has 1 unspecified atom stereocenters. The fraction of sp³-hybridized carbons (Fsp3) is 0.400. The summed E-state index contributed by atoms with van der Waals surface area (Å²) in [5, 5.41) is 8.96. The predicted octanol–water partition coefficient (Wildman–Crippen LogP) is 1.90. The fourth-order valence-corrected chi connectivity index (χ4v) is 1.13. The summed E-state index contributed by atoms with van der Waals surface area (Å²) in [5.41, 5.74) is 0.797. The van der Waals surface area contributed by atoms with Gasteiger partial charge in [0.15, 0.2) is 0 Å². The molecule has 72 valence electrons. The average Bonchev–Trinajstić information content (AvgIpc) is 2.16. The molecule has 0 aliphatic rings. The Morgan fingerprint density at radius 2 is 2.00 bits per heavy atom. The Kier molecular flexibility index (Phi) is 3.86. The molecule has 0 aliphatic carbocycles. The third-order valence-electron chi connectivity index (χ3n) is 1.78. The number of aliphatic hydroxyl groups excluding tert-OH is 1. The van der Waals surface area contributed by atoms with Crippen LogP contribution in [0, 0.1) is 5.82 Å². The second-order valence-corrected chi connectivity index (χ2v) is 2.68. The van der Waals surface area contributed by atoms with Gasteiger partial charge in [-0.1, -0.05) is 12.1 Å². The first-order chi connectivity index (χ1) is 6.27. The summed E-state index contributed by atoms with van der Waals surface area (Å²) in [5.74, 6) is -0.281. The minimum absolute atomic E-state index is 0.0839. The smallest absolute Gasteiger partial charge is 0.123 e. The number of hydrogen-bond acceptors (Lipinski definition) is 2. The van der Waals surface area contributed by atoms with Gasteiger partial charge in [-0.25, -0.2) is 4.39 Å². The Labute approximate surface area is 77.0 Å². The lowest BCUT2D eigenvalue weighted by Crippen LogP contribution is -2.08. The van der Waals surface area contributed by atoms with Gasteiger partial charge in [0.2, 0.25) is 0 Å². The number of hydrogen-bond donors (Lipinski definition) is 1. The maximum atomic E-state index is 12.5. The van der Waals surface area contributed by atoms with Crippen molar-refractivity contribution >= 4 is 0 Å². The van der Waals surface area contributed by atoms with E-state index in [0.717, 1.165) is 5.56 Å². The molecule has 1 rings (SSSR count). The zero-order valence-corrected chi connectivity index (χ0v) is 7.53. The number of benzene rings is 1. The van der Waals surface area contributed by atoms with Crippen molar-refractivity contribution in [3.05, 3.63) is 35.6 Å². The van der Waals surface area contributed by atoms with Crippen molar-refractivity contribution < 1.29 is 14.2 Å². The van der Waals surface area contributed by atoms with Gasteiger partial charge in [-0.05, 0) is 24.6 Å². The SMILES string of the molecule is CCOC(CO)c1ccc(F)cc1. The highest BCUT2D eigenvalue weighted by molar-refractivity contribution is 5.18. The Balaban J connectivity index is 2.73. The van der Waals surface area contributed by atoms with E-state index in [1.807, 2.05) is 6.92 Å². The Hall–Kier alpha value is -0.930. The highest BCUT2D eigenvalue weighted by Crippen LogP contribution is 2.16. The van der Waals surface area contributed by atoms with Gasteiger partial charge in [0.1, 0.15) is 11.9 Å². The molecule has 0 aliphatic heterocycles. The molecule has 1 atom stereocenters. The van der Waals surface area contributed by atoms with Crippen molar-refractivity contribution in [2.75, 3.05) is 13.2 Å². The van der Waals surface area contributed by atoms with Crippen LogP contribution in [0.2, 0.25) is 0 Å². The molecule has 0 saturated heterocycles. The highest BCUT2D eigenvalue weighted by Gasteiger charge is 2.09. The Bertz CT molecular complexity index is 246. The first kappa shape index (κ1) is 10.2. The van der Waals surface area contributed by atoms with Crippen LogP contribution in [0.3, 0.4) is 0 Å². The number of ether oxygens (including phenoxy) is 1. The van der Waals surface area contributed by atoms with Crippen molar-refractivity contribution in [1.82, 2.24) is 0 Å². The van der Waals surface area contributed by atoms with Crippen LogP contribution in [0.4, 0.5) is 4.39 Å². The molecule has 1 aromatic carbocycles. The Morgan fingerprint density at radius 1 is 1.38 bits per heavy atom. The lowest BCUT2D eigenvalue weighted by molar-refractivity contribution is 0.0189. The fourth-order valence-electron chi connectivity index (χ4n) is 1.13. The first-order valence-corrected chi connectivity index (χ1v) is 4.25. The molecular weight excluding hydrogens is 171 g/mol. The quantitative estimate of drug-likeness (QED) is 0.774. The van der Waals surface area contributed by atoms with E-state index < -0.39 is 0 Å². The molecule has 3 heteroatoms. The molecule has 0 amide bonds. The van der Waals surface area contributed by atoms with E-state index in [1.54, 1.807) is 12.1 Å². The molecule has 1 N–H and O–H groups in total. The summed E-state index contributed by atoms with van der Waals surface area (Å²) in [6, 6.07) is 5.95. The van der Waals surface area contributed by atoms with Gasteiger partial charge in [0.25, 0.3) is 0 Å². The van der Waals surface area contributed by atoms with Gasteiger partial charge >= 0.3 is 0 Å². The monoisotopic (exact) mass is 184 g/mol. The lowest BCUT2D eigenvalue weighted by Gasteiger charge is -2.14. The van der Waals surface area contributed by atoms with Gasteiger partial charge in [0.05, 0.1) is 6.61 Å². The number of rotatable bonds is 4. The van der Waals surface area contributed by atoms with E-state index in [1.165, 1.54) is 12.1 Å². The standard InChI is InChI=1S/C10H13FO2/c1-2-13-10(7-12)8-3-5-9(11)6-4-8/h3-6,10,12H,2,7H2,1H3. The molecule has 13 heavy (non-hydrogen) atoms. The van der Waals surface area contributed by atoms with Crippen LogP contribution in [-0.4, -0.2) is 18.3 Å². The van der Waals surface area contributed by atoms with Crippen LogP contribution in [-0.2, 0) is 4.74 Å².